The van der Waals surface area contributed by atoms with E-state index in [-0.39, 0.29) is 6.61 Å². The number of alkyl halides is 1. The number of carbonyl (C=O) groups excluding carboxylic acids is 1. The van der Waals surface area contributed by atoms with Crippen LogP contribution in [0.2, 0.25) is 0 Å². The molecule has 1 rings (SSSR count). The smallest absolute Gasteiger partial charge is 0.319 e. The van der Waals surface area contributed by atoms with E-state index in [1.54, 1.807) is 6.07 Å². The molecule has 0 fully saturated rings. The molecule has 0 spiro atoms. The number of rotatable bonds is 4. The molecule has 2 amide bonds. The Morgan fingerprint density at radius 2 is 2.25 bits per heavy atom. The lowest BCUT2D eigenvalue weighted by molar-refractivity contribution is 0.254. The highest BCUT2D eigenvalue weighted by Crippen LogP contribution is 2.25. The molecule has 3 N–H and O–H groups in total. The van der Waals surface area contributed by atoms with E-state index in [4.69, 9.17) is 17.3 Å². The number of urea groups is 1. The third-order valence-electron chi connectivity index (χ3n) is 2.34. The number of aliphatic hydroxyl groups is 1. The number of nitrogens with zero attached hydrogens (tertiary/aromatic N) is 1. The maximum Gasteiger partial charge on any atom is 0.319 e. The summed E-state index contributed by atoms with van der Waals surface area (Å²) in [6.07, 6.45) is 0. The van der Waals surface area contributed by atoms with Gasteiger partial charge < -0.3 is 10.8 Å². The van der Waals surface area contributed by atoms with Crippen LogP contribution in [0, 0.1) is 6.92 Å². The first-order chi connectivity index (χ1) is 7.61. The largest absolute Gasteiger partial charge is 0.392 e. The van der Waals surface area contributed by atoms with E-state index in [2.05, 4.69) is 0 Å². The molecule has 0 atom stereocenters. The lowest BCUT2D eigenvalue weighted by Crippen LogP contribution is -2.38. The van der Waals surface area contributed by atoms with Crippen LogP contribution < -0.4 is 10.6 Å². The lowest BCUT2D eigenvalue weighted by atomic mass is 10.1. The number of anilines is 1. The van der Waals surface area contributed by atoms with Crippen molar-refractivity contribution in [3.8, 4) is 0 Å². The third kappa shape index (κ3) is 2.65. The quantitative estimate of drug-likeness (QED) is 0.788. The fourth-order valence-electron chi connectivity index (χ4n) is 1.65. The van der Waals surface area contributed by atoms with Crippen molar-refractivity contribution in [1.82, 2.24) is 0 Å². The molecular formula is C11H15ClN2O2. The molecule has 0 unspecified atom stereocenters. The first-order valence-electron chi connectivity index (χ1n) is 4.94. The zero-order valence-corrected chi connectivity index (χ0v) is 9.87. The van der Waals surface area contributed by atoms with E-state index >= 15 is 0 Å². The van der Waals surface area contributed by atoms with Crippen molar-refractivity contribution in [3.05, 3.63) is 29.3 Å². The second-order valence-electron chi connectivity index (χ2n) is 3.42. The van der Waals surface area contributed by atoms with Crippen LogP contribution in [-0.4, -0.2) is 23.6 Å². The summed E-state index contributed by atoms with van der Waals surface area (Å²) in [5.74, 6) is 0.294. The summed E-state index contributed by atoms with van der Waals surface area (Å²) >= 11 is 5.63. The summed E-state index contributed by atoms with van der Waals surface area (Å²) in [7, 11) is 0. The standard InChI is InChI=1S/C11H15ClN2O2/c1-8-3-2-4-9(7-15)10(8)14(6-5-12)11(13)16/h2-4,15H,5-7H2,1H3,(H2,13,16). The second kappa shape index (κ2) is 5.72. The van der Waals surface area contributed by atoms with Gasteiger partial charge in [-0.15, -0.1) is 11.6 Å². The molecule has 88 valence electrons. The Kier molecular flexibility index (Phi) is 4.58. The molecule has 1 aromatic carbocycles. The Hall–Kier alpha value is -1.26. The van der Waals surface area contributed by atoms with Crippen molar-refractivity contribution in [3.63, 3.8) is 0 Å². The van der Waals surface area contributed by atoms with Gasteiger partial charge in [0.15, 0.2) is 0 Å². The van der Waals surface area contributed by atoms with Crippen LogP contribution in [0.15, 0.2) is 18.2 Å². The molecule has 0 bridgehead atoms. The van der Waals surface area contributed by atoms with Crippen molar-refractivity contribution in [2.24, 2.45) is 5.73 Å². The second-order valence-corrected chi connectivity index (χ2v) is 3.80. The number of amides is 2. The van der Waals surface area contributed by atoms with Gasteiger partial charge in [-0.05, 0) is 12.5 Å². The number of para-hydroxylation sites is 1. The number of benzene rings is 1. The van der Waals surface area contributed by atoms with Crippen LogP contribution in [0.4, 0.5) is 10.5 Å². The number of halogens is 1. The van der Waals surface area contributed by atoms with E-state index in [1.807, 2.05) is 19.1 Å². The fraction of sp³-hybridized carbons (Fsp3) is 0.364. The predicted molar refractivity (Wildman–Crippen MR) is 64.8 cm³/mol. The van der Waals surface area contributed by atoms with Crippen LogP contribution >= 0.6 is 11.6 Å². The highest BCUT2D eigenvalue weighted by atomic mass is 35.5. The third-order valence-corrected chi connectivity index (χ3v) is 2.50. The van der Waals surface area contributed by atoms with Gasteiger partial charge in [0.05, 0.1) is 12.3 Å². The first kappa shape index (κ1) is 12.8. The maximum absolute atomic E-state index is 11.3. The van der Waals surface area contributed by atoms with E-state index < -0.39 is 6.03 Å². The van der Waals surface area contributed by atoms with Crippen molar-refractivity contribution in [2.45, 2.75) is 13.5 Å². The molecule has 0 aromatic heterocycles. The monoisotopic (exact) mass is 242 g/mol. The van der Waals surface area contributed by atoms with Gasteiger partial charge in [0.1, 0.15) is 0 Å². The van der Waals surface area contributed by atoms with E-state index in [1.165, 1.54) is 4.90 Å². The van der Waals surface area contributed by atoms with E-state index in [0.29, 0.717) is 23.7 Å². The maximum atomic E-state index is 11.3. The Morgan fingerprint density at radius 3 is 2.75 bits per heavy atom. The summed E-state index contributed by atoms with van der Waals surface area (Å²) in [4.78, 5) is 12.7. The van der Waals surface area contributed by atoms with Crippen LogP contribution in [0.1, 0.15) is 11.1 Å². The first-order valence-corrected chi connectivity index (χ1v) is 5.47. The van der Waals surface area contributed by atoms with Gasteiger partial charge in [0.2, 0.25) is 0 Å². The molecule has 0 heterocycles. The summed E-state index contributed by atoms with van der Waals surface area (Å²) in [5, 5.41) is 9.23. The molecule has 0 saturated carbocycles. The van der Waals surface area contributed by atoms with Crippen molar-refractivity contribution < 1.29 is 9.90 Å². The molecule has 0 aliphatic carbocycles. The summed E-state index contributed by atoms with van der Waals surface area (Å²) in [6.45, 7) is 2.05. The van der Waals surface area contributed by atoms with Gasteiger partial charge in [-0.25, -0.2) is 4.79 Å². The molecule has 0 saturated heterocycles. The topological polar surface area (TPSA) is 66.6 Å². The van der Waals surface area contributed by atoms with E-state index in [9.17, 15) is 9.90 Å². The molecule has 0 aliphatic rings. The predicted octanol–water partition coefficient (Wildman–Crippen LogP) is 1.61. The van der Waals surface area contributed by atoms with Gasteiger partial charge in [-0.3, -0.25) is 4.90 Å². The minimum absolute atomic E-state index is 0.136. The van der Waals surface area contributed by atoms with Gasteiger partial charge in [0, 0.05) is 18.0 Å². The van der Waals surface area contributed by atoms with Crippen LogP contribution in [-0.2, 0) is 6.61 Å². The van der Waals surface area contributed by atoms with Crippen LogP contribution in [0.5, 0.6) is 0 Å². The SMILES string of the molecule is Cc1cccc(CO)c1N(CCCl)C(N)=O. The normalized spacial score (nSPS) is 10.2. The molecular weight excluding hydrogens is 228 g/mol. The number of carbonyl (C=O) groups is 1. The zero-order valence-electron chi connectivity index (χ0n) is 9.11. The summed E-state index contributed by atoms with van der Waals surface area (Å²) < 4.78 is 0. The average Bonchev–Trinajstić information content (AvgIpc) is 2.26. The minimum Gasteiger partial charge on any atom is -0.392 e. The number of hydrogen-bond donors (Lipinski definition) is 2. The van der Waals surface area contributed by atoms with Crippen molar-refractivity contribution >= 4 is 23.3 Å². The van der Waals surface area contributed by atoms with E-state index in [0.717, 1.165) is 5.56 Å². The molecule has 1 aromatic rings. The Bertz CT molecular complexity index is 382. The van der Waals surface area contributed by atoms with Crippen LogP contribution in [0.25, 0.3) is 0 Å². The average molecular weight is 243 g/mol. The van der Waals surface area contributed by atoms with Gasteiger partial charge >= 0.3 is 6.03 Å². The lowest BCUT2D eigenvalue weighted by Gasteiger charge is -2.23. The van der Waals surface area contributed by atoms with Crippen LogP contribution in [0.3, 0.4) is 0 Å². The number of hydrogen-bond acceptors (Lipinski definition) is 2. The molecule has 16 heavy (non-hydrogen) atoms. The summed E-state index contributed by atoms with van der Waals surface area (Å²) in [6, 6.07) is 4.87. The molecule has 4 nitrogen and oxygen atoms in total. The Balaban J connectivity index is 3.21. The van der Waals surface area contributed by atoms with Crippen molar-refractivity contribution in [1.29, 1.82) is 0 Å². The van der Waals surface area contributed by atoms with Gasteiger partial charge in [-0.1, -0.05) is 18.2 Å². The van der Waals surface area contributed by atoms with Gasteiger partial charge in [-0.2, -0.15) is 0 Å². The molecule has 5 heteroatoms. The highest BCUT2D eigenvalue weighted by Gasteiger charge is 2.17. The Labute approximate surface area is 99.6 Å². The highest BCUT2D eigenvalue weighted by molar-refractivity contribution is 6.18. The number of aliphatic hydroxyl groups excluding tert-OH is 1. The zero-order chi connectivity index (χ0) is 12.1. The molecule has 0 aliphatic heterocycles. The fourth-order valence-corrected chi connectivity index (χ4v) is 1.82. The van der Waals surface area contributed by atoms with Gasteiger partial charge in [0.25, 0.3) is 0 Å². The summed E-state index contributed by atoms with van der Waals surface area (Å²) in [5.41, 5.74) is 7.50. The minimum atomic E-state index is -0.565. The molecule has 0 radical (unpaired) electrons. The Morgan fingerprint density at radius 1 is 1.56 bits per heavy atom. The number of aryl methyl sites for hydroxylation is 1. The number of nitrogens with two attached hydrogens (primary N) is 1. The number of primary amides is 1. The van der Waals surface area contributed by atoms with Crippen molar-refractivity contribution in [2.75, 3.05) is 17.3 Å².